The second kappa shape index (κ2) is 16.7. The molecule has 1 saturated carbocycles. The molecule has 0 aromatic heterocycles. The summed E-state index contributed by atoms with van der Waals surface area (Å²) in [6, 6.07) is 31.0. The minimum Gasteiger partial charge on any atom is -0.505 e. The third kappa shape index (κ3) is 11.7. The molecule has 5 heteroatoms. The van der Waals surface area contributed by atoms with Crippen LogP contribution in [0.1, 0.15) is 43.4 Å². The van der Waals surface area contributed by atoms with Gasteiger partial charge in [0, 0.05) is 6.04 Å². The first-order valence-corrected chi connectivity index (χ1v) is 11.9. The molecule has 1 radical (unpaired) electrons. The normalized spacial score (nSPS) is 17.9. The first-order valence-electron chi connectivity index (χ1n) is 11.9. The minimum absolute atomic E-state index is 0. The van der Waals surface area contributed by atoms with Gasteiger partial charge in [0.05, 0.1) is 0 Å². The molecule has 0 saturated heterocycles. The quantitative estimate of drug-likeness (QED) is 0.247. The van der Waals surface area contributed by atoms with Gasteiger partial charge >= 0.3 is 21.7 Å². The fraction of sp³-hybridized carbons (Fsp3) is 0.258. The molecule has 2 amide bonds. The smallest absolute Gasteiger partial charge is 0.505 e. The molecule has 1 aliphatic rings. The number of carbonyl (C=O) groups excluding carboxylic acids is 2. The Bertz CT molecular complexity index is 922. The molecule has 2 unspecified atom stereocenters. The second-order valence-electron chi connectivity index (χ2n) is 9.49. The van der Waals surface area contributed by atoms with Gasteiger partial charge in [-0.15, -0.1) is 30.2 Å². The van der Waals surface area contributed by atoms with Gasteiger partial charge in [-0.05, 0) is 12.8 Å². The van der Waals surface area contributed by atoms with E-state index in [2.05, 4.69) is 50.5 Å². The first-order chi connectivity index (χ1) is 16.8. The summed E-state index contributed by atoms with van der Waals surface area (Å²) in [4.78, 5) is 21.9. The standard InChI is InChI=1S/C17H23N2O2.2C7H7.Ti/c1-17(2)9-15(18-11-20)14(16(10-17)19-12-21)8-13-6-4-3-5-7-13;2*1-7-5-3-2-4-6-7;/h3-7,11-12,14-15H,8-10H2,1-2H3,(H,18,20)(H,19,21);2*2-6H,1H2;/q3*-1;+3. The molecule has 0 heterocycles. The Morgan fingerprint density at radius 2 is 1.31 bits per heavy atom. The molecule has 0 spiro atoms. The van der Waals surface area contributed by atoms with Crippen LogP contribution in [0.3, 0.4) is 0 Å². The van der Waals surface area contributed by atoms with Crippen molar-refractivity contribution in [3.63, 3.8) is 0 Å². The van der Waals surface area contributed by atoms with Crippen molar-refractivity contribution in [2.24, 2.45) is 11.3 Å². The number of benzene rings is 3. The van der Waals surface area contributed by atoms with Gasteiger partial charge in [-0.2, -0.15) is 55.7 Å². The molecule has 2 N–H and O–H groups in total. The molecule has 1 aliphatic carbocycles. The molecule has 0 aliphatic heterocycles. The largest absolute Gasteiger partial charge is 3.00 e. The fourth-order valence-corrected chi connectivity index (χ4v) is 4.29. The first kappa shape index (κ1) is 31.1. The third-order valence-corrected chi connectivity index (χ3v) is 5.89. The van der Waals surface area contributed by atoms with Crippen molar-refractivity contribution >= 4 is 12.8 Å². The van der Waals surface area contributed by atoms with Gasteiger partial charge in [0.1, 0.15) is 0 Å². The van der Waals surface area contributed by atoms with Gasteiger partial charge in [-0.1, -0.05) is 67.3 Å². The summed E-state index contributed by atoms with van der Waals surface area (Å²) >= 11 is 0. The van der Waals surface area contributed by atoms with Gasteiger partial charge < -0.3 is 10.6 Å². The average molecular weight is 518 g/mol. The van der Waals surface area contributed by atoms with Crippen LogP contribution in [0, 0.1) is 31.2 Å². The van der Waals surface area contributed by atoms with E-state index in [-0.39, 0.29) is 39.1 Å². The summed E-state index contributed by atoms with van der Waals surface area (Å²) in [5.41, 5.74) is 3.43. The molecule has 1 fully saturated rings. The van der Waals surface area contributed by atoms with E-state index in [1.54, 1.807) is 0 Å². The predicted octanol–water partition coefficient (Wildman–Crippen LogP) is 5.79. The van der Waals surface area contributed by atoms with Crippen LogP contribution in [0.4, 0.5) is 0 Å². The van der Waals surface area contributed by atoms with Crippen molar-refractivity contribution in [2.45, 2.75) is 39.2 Å². The maximum absolute atomic E-state index is 10.9. The molecule has 4 rings (SSSR count). The summed E-state index contributed by atoms with van der Waals surface area (Å²) in [6.07, 6.45) is 4.08. The molecule has 3 aromatic carbocycles. The molecule has 4 nitrogen and oxygen atoms in total. The van der Waals surface area contributed by atoms with Crippen molar-refractivity contribution in [3.05, 3.63) is 128 Å². The topological polar surface area (TPSA) is 58.2 Å². The Morgan fingerprint density at radius 1 is 0.833 bits per heavy atom. The van der Waals surface area contributed by atoms with Crippen molar-refractivity contribution in [2.75, 3.05) is 0 Å². The predicted molar refractivity (Wildman–Crippen MR) is 144 cm³/mol. The molecule has 2 atom stereocenters. The van der Waals surface area contributed by atoms with Crippen molar-refractivity contribution in [3.8, 4) is 0 Å². The van der Waals surface area contributed by atoms with Crippen LogP contribution in [0.2, 0.25) is 0 Å². The van der Waals surface area contributed by atoms with Gasteiger partial charge in [0.2, 0.25) is 6.41 Å². The number of hydrogen-bond donors (Lipinski definition) is 2. The Labute approximate surface area is 232 Å². The Kier molecular flexibility index (Phi) is 14.4. The SMILES string of the molecule is CC1(C)C[C-](NC=O)C(Cc2ccccc2)C(NC=O)C1.[CH2-]c1ccccc1.[CH2-]c1ccccc1.[Ti+3]. The van der Waals surface area contributed by atoms with Crippen LogP contribution in [0.25, 0.3) is 0 Å². The second-order valence-corrected chi connectivity index (χ2v) is 9.49. The maximum Gasteiger partial charge on any atom is 3.00 e. The zero-order valence-electron chi connectivity index (χ0n) is 21.3. The van der Waals surface area contributed by atoms with Crippen molar-refractivity contribution in [1.29, 1.82) is 0 Å². The average Bonchev–Trinajstić information content (AvgIpc) is 2.84. The van der Waals surface area contributed by atoms with E-state index in [0.29, 0.717) is 0 Å². The van der Waals surface area contributed by atoms with Gasteiger partial charge in [0.15, 0.2) is 6.41 Å². The molecular weight excluding hydrogens is 480 g/mol. The van der Waals surface area contributed by atoms with Crippen LogP contribution >= 0.6 is 0 Å². The number of hydrogen-bond acceptors (Lipinski definition) is 2. The Morgan fingerprint density at radius 3 is 1.69 bits per heavy atom. The third-order valence-electron chi connectivity index (χ3n) is 5.89. The van der Waals surface area contributed by atoms with Gasteiger partial charge in [-0.25, -0.2) is 6.04 Å². The van der Waals surface area contributed by atoms with Gasteiger partial charge in [0.25, 0.3) is 0 Å². The number of nitrogens with one attached hydrogen (secondary N) is 2. The number of rotatable bonds is 6. The fourth-order valence-electron chi connectivity index (χ4n) is 4.29. The summed E-state index contributed by atoms with van der Waals surface area (Å²) in [6.45, 7) is 11.8. The molecule has 3 aromatic rings. The molecule has 187 valence electrons. The van der Waals surface area contributed by atoms with Gasteiger partial charge in [-0.3, -0.25) is 9.59 Å². The molecule has 36 heavy (non-hydrogen) atoms. The van der Waals surface area contributed by atoms with Crippen molar-refractivity contribution < 1.29 is 31.3 Å². The van der Waals surface area contributed by atoms with E-state index in [1.807, 2.05) is 78.9 Å². The van der Waals surface area contributed by atoms with E-state index in [1.165, 1.54) is 5.56 Å². The summed E-state index contributed by atoms with van der Waals surface area (Å²) in [5.74, 6) is 0.135. The zero-order valence-corrected chi connectivity index (χ0v) is 22.9. The zero-order chi connectivity index (χ0) is 25.5. The van der Waals surface area contributed by atoms with Crippen LogP contribution in [0.15, 0.2) is 91.0 Å². The minimum atomic E-state index is 0. The van der Waals surface area contributed by atoms with E-state index >= 15 is 0 Å². The Balaban J connectivity index is 0.000000351. The molecule has 0 bridgehead atoms. The monoisotopic (exact) mass is 517 g/mol. The maximum atomic E-state index is 10.9. The van der Waals surface area contributed by atoms with E-state index in [4.69, 9.17) is 0 Å². The van der Waals surface area contributed by atoms with Crippen LogP contribution in [-0.4, -0.2) is 18.9 Å². The summed E-state index contributed by atoms with van der Waals surface area (Å²) < 4.78 is 0. The Hall–Kier alpha value is -2.95. The summed E-state index contributed by atoms with van der Waals surface area (Å²) in [7, 11) is 0. The van der Waals surface area contributed by atoms with Crippen molar-refractivity contribution in [1.82, 2.24) is 10.6 Å². The molecular formula is C31H37N2O2Ti. The number of carbonyl (C=O) groups is 2. The van der Waals surface area contributed by atoms with E-state index in [0.717, 1.165) is 49.3 Å². The van der Waals surface area contributed by atoms with E-state index < -0.39 is 0 Å². The van der Waals surface area contributed by atoms with Crippen LogP contribution in [0.5, 0.6) is 0 Å². The van der Waals surface area contributed by atoms with E-state index in [9.17, 15) is 9.59 Å². The van der Waals surface area contributed by atoms with Crippen LogP contribution in [-0.2, 0) is 37.7 Å². The van der Waals surface area contributed by atoms with Crippen LogP contribution < -0.4 is 10.6 Å². The summed E-state index contributed by atoms with van der Waals surface area (Å²) in [5, 5.41) is 5.82. The number of amides is 2.